The van der Waals surface area contributed by atoms with E-state index in [4.69, 9.17) is 14.2 Å². The van der Waals surface area contributed by atoms with Crippen molar-refractivity contribution in [3.05, 3.63) is 88.8 Å². The van der Waals surface area contributed by atoms with Gasteiger partial charge in [-0.1, -0.05) is 6.07 Å². The molecule has 0 saturated carbocycles. The van der Waals surface area contributed by atoms with Crippen molar-refractivity contribution in [2.45, 2.75) is 19.5 Å². The van der Waals surface area contributed by atoms with Gasteiger partial charge < -0.3 is 24.2 Å². The van der Waals surface area contributed by atoms with E-state index >= 15 is 0 Å². The Labute approximate surface area is 203 Å². The Morgan fingerprint density at radius 3 is 2.40 bits per heavy atom. The van der Waals surface area contributed by atoms with Gasteiger partial charge in [-0.05, 0) is 54.4 Å². The first-order chi connectivity index (χ1) is 16.9. The molecule has 1 N–H and O–H groups in total. The van der Waals surface area contributed by atoms with E-state index in [1.807, 2.05) is 13.0 Å². The van der Waals surface area contributed by atoms with Crippen molar-refractivity contribution < 1.29 is 28.9 Å². The first kappa shape index (κ1) is 23.8. The highest BCUT2D eigenvalue weighted by Crippen LogP contribution is 2.44. The molecule has 1 fully saturated rings. The normalized spacial score (nSPS) is 16.9. The van der Waals surface area contributed by atoms with Gasteiger partial charge >= 0.3 is 0 Å². The van der Waals surface area contributed by atoms with Gasteiger partial charge in [0.15, 0.2) is 0 Å². The van der Waals surface area contributed by atoms with E-state index in [-0.39, 0.29) is 17.9 Å². The average molecular weight is 475 g/mol. The van der Waals surface area contributed by atoms with Crippen molar-refractivity contribution in [2.75, 3.05) is 21.3 Å². The summed E-state index contributed by atoms with van der Waals surface area (Å²) >= 11 is 0. The number of benzene rings is 2. The number of pyridine rings is 1. The highest BCUT2D eigenvalue weighted by atomic mass is 16.5. The number of aromatic nitrogens is 1. The number of nitrogens with zero attached hydrogens (tertiary/aromatic N) is 2. The van der Waals surface area contributed by atoms with Crippen molar-refractivity contribution in [3.8, 4) is 17.2 Å². The number of amides is 1. The van der Waals surface area contributed by atoms with Gasteiger partial charge in [0.2, 0.25) is 0 Å². The minimum absolute atomic E-state index is 0.0214. The molecule has 1 aromatic heterocycles. The molecular weight excluding hydrogens is 448 g/mol. The van der Waals surface area contributed by atoms with E-state index in [2.05, 4.69) is 4.98 Å². The maximum atomic E-state index is 13.3. The summed E-state index contributed by atoms with van der Waals surface area (Å²) in [6, 6.07) is 12.9. The molecular formula is C27H26N2O6. The summed E-state index contributed by atoms with van der Waals surface area (Å²) in [5.41, 5.74) is 2.45. The standard InChI is InChI=1S/C27H26N2O6/c1-16-12-18(7-10-21(16)34-3)25(30)23-24(20-9-8-19(33-2)13-22(20)35-4)29(27(32)26(23)31)15-17-6-5-11-28-14-17/h5-14,24,30H,15H2,1-4H3/b25-23+/t24-/m0/s1. The highest BCUT2D eigenvalue weighted by molar-refractivity contribution is 6.46. The fourth-order valence-electron chi connectivity index (χ4n) is 4.28. The van der Waals surface area contributed by atoms with E-state index in [9.17, 15) is 14.7 Å². The number of methoxy groups -OCH3 is 3. The van der Waals surface area contributed by atoms with Gasteiger partial charge in [0, 0.05) is 36.1 Å². The van der Waals surface area contributed by atoms with Crippen LogP contribution in [-0.4, -0.2) is 48.0 Å². The second-order valence-corrected chi connectivity index (χ2v) is 8.08. The summed E-state index contributed by atoms with van der Waals surface area (Å²) in [5.74, 6) is -0.145. The number of hydrogen-bond acceptors (Lipinski definition) is 7. The van der Waals surface area contributed by atoms with E-state index < -0.39 is 17.7 Å². The lowest BCUT2D eigenvalue weighted by molar-refractivity contribution is -0.140. The third-order valence-corrected chi connectivity index (χ3v) is 6.02. The van der Waals surface area contributed by atoms with Crippen LogP contribution in [0.5, 0.6) is 17.2 Å². The molecule has 180 valence electrons. The maximum Gasteiger partial charge on any atom is 0.295 e. The van der Waals surface area contributed by atoms with Gasteiger partial charge in [-0.25, -0.2) is 0 Å². The van der Waals surface area contributed by atoms with Crippen LogP contribution in [-0.2, 0) is 16.1 Å². The third kappa shape index (κ3) is 4.42. The Kier molecular flexibility index (Phi) is 6.73. The van der Waals surface area contributed by atoms with Gasteiger partial charge in [-0.3, -0.25) is 14.6 Å². The topological polar surface area (TPSA) is 98.2 Å². The zero-order valence-corrected chi connectivity index (χ0v) is 19.9. The number of aliphatic hydroxyl groups is 1. The number of carbonyl (C=O) groups excluding carboxylic acids is 2. The molecule has 1 atom stereocenters. The fraction of sp³-hybridized carbons (Fsp3) is 0.222. The summed E-state index contributed by atoms with van der Waals surface area (Å²) in [7, 11) is 4.59. The minimum Gasteiger partial charge on any atom is -0.507 e. The lowest BCUT2D eigenvalue weighted by Gasteiger charge is -2.27. The number of ketones is 1. The predicted molar refractivity (Wildman–Crippen MR) is 129 cm³/mol. The van der Waals surface area contributed by atoms with E-state index in [0.717, 1.165) is 11.1 Å². The zero-order valence-electron chi connectivity index (χ0n) is 19.9. The molecule has 1 aliphatic heterocycles. The number of ether oxygens (including phenoxy) is 3. The Hall–Kier alpha value is -4.33. The molecule has 8 nitrogen and oxygen atoms in total. The van der Waals surface area contributed by atoms with Crippen LogP contribution < -0.4 is 14.2 Å². The summed E-state index contributed by atoms with van der Waals surface area (Å²) in [4.78, 5) is 32.1. The van der Waals surface area contributed by atoms with Crippen molar-refractivity contribution in [1.29, 1.82) is 0 Å². The molecule has 0 spiro atoms. The van der Waals surface area contributed by atoms with Crippen LogP contribution in [0.2, 0.25) is 0 Å². The number of likely N-dealkylation sites (tertiary alicyclic amines) is 1. The lowest BCUT2D eigenvalue weighted by atomic mass is 9.94. The highest BCUT2D eigenvalue weighted by Gasteiger charge is 2.47. The number of aryl methyl sites for hydroxylation is 1. The number of Topliss-reactive ketones (excluding diaryl/α,β-unsaturated/α-hetero) is 1. The molecule has 0 radical (unpaired) electrons. The number of carbonyl (C=O) groups is 2. The molecule has 0 bridgehead atoms. The smallest absolute Gasteiger partial charge is 0.295 e. The van der Waals surface area contributed by atoms with Gasteiger partial charge in [0.05, 0.1) is 32.9 Å². The quantitative estimate of drug-likeness (QED) is 0.314. The van der Waals surface area contributed by atoms with Crippen LogP contribution in [0.1, 0.15) is 28.3 Å². The first-order valence-corrected chi connectivity index (χ1v) is 10.9. The Balaban J connectivity index is 1.92. The summed E-state index contributed by atoms with van der Waals surface area (Å²) < 4.78 is 16.2. The number of aliphatic hydroxyl groups excluding tert-OH is 1. The van der Waals surface area contributed by atoms with Gasteiger partial charge in [0.25, 0.3) is 11.7 Å². The van der Waals surface area contributed by atoms with Crippen LogP contribution in [0, 0.1) is 6.92 Å². The van der Waals surface area contributed by atoms with E-state index in [1.54, 1.807) is 62.0 Å². The molecule has 2 aromatic carbocycles. The third-order valence-electron chi connectivity index (χ3n) is 6.02. The van der Waals surface area contributed by atoms with Gasteiger partial charge in [0.1, 0.15) is 23.0 Å². The Morgan fingerprint density at radius 1 is 1.00 bits per heavy atom. The monoisotopic (exact) mass is 474 g/mol. The molecule has 1 saturated heterocycles. The second kappa shape index (κ2) is 9.89. The molecule has 0 aliphatic carbocycles. The average Bonchev–Trinajstić information content (AvgIpc) is 3.13. The zero-order chi connectivity index (χ0) is 25.1. The first-order valence-electron chi connectivity index (χ1n) is 10.9. The largest absolute Gasteiger partial charge is 0.507 e. The molecule has 1 amide bonds. The second-order valence-electron chi connectivity index (χ2n) is 8.08. The lowest BCUT2D eigenvalue weighted by Crippen LogP contribution is -2.29. The summed E-state index contributed by atoms with van der Waals surface area (Å²) in [6.45, 7) is 1.96. The van der Waals surface area contributed by atoms with Crippen LogP contribution in [0.4, 0.5) is 0 Å². The Bertz CT molecular complexity index is 1300. The molecule has 8 heteroatoms. The molecule has 3 aromatic rings. The number of rotatable bonds is 7. The molecule has 0 unspecified atom stereocenters. The van der Waals surface area contributed by atoms with Crippen LogP contribution in [0.3, 0.4) is 0 Å². The molecule has 2 heterocycles. The molecule has 35 heavy (non-hydrogen) atoms. The number of hydrogen-bond donors (Lipinski definition) is 1. The minimum atomic E-state index is -0.890. The van der Waals surface area contributed by atoms with Gasteiger partial charge in [-0.15, -0.1) is 0 Å². The maximum absolute atomic E-state index is 13.3. The van der Waals surface area contributed by atoms with Crippen molar-refractivity contribution in [1.82, 2.24) is 9.88 Å². The SMILES string of the molecule is COc1ccc([C@H]2/C(=C(\O)c3ccc(OC)c(C)c3)C(=O)C(=O)N2Cc2cccnc2)c(OC)c1. The van der Waals surface area contributed by atoms with Crippen LogP contribution in [0.15, 0.2) is 66.5 Å². The van der Waals surface area contributed by atoms with Crippen molar-refractivity contribution in [3.63, 3.8) is 0 Å². The van der Waals surface area contributed by atoms with Gasteiger partial charge in [-0.2, -0.15) is 0 Å². The van der Waals surface area contributed by atoms with Crippen LogP contribution >= 0.6 is 0 Å². The molecule has 1 aliphatic rings. The van der Waals surface area contributed by atoms with E-state index in [1.165, 1.54) is 19.1 Å². The van der Waals surface area contributed by atoms with Crippen molar-refractivity contribution in [2.24, 2.45) is 0 Å². The van der Waals surface area contributed by atoms with Crippen molar-refractivity contribution >= 4 is 17.4 Å². The fourth-order valence-corrected chi connectivity index (χ4v) is 4.28. The predicted octanol–water partition coefficient (Wildman–Crippen LogP) is 4.04. The summed E-state index contributed by atoms with van der Waals surface area (Å²) in [5, 5.41) is 11.3. The Morgan fingerprint density at radius 2 is 1.77 bits per heavy atom. The van der Waals surface area contributed by atoms with Crippen LogP contribution in [0.25, 0.3) is 5.76 Å². The summed E-state index contributed by atoms with van der Waals surface area (Å²) in [6.07, 6.45) is 3.27. The molecule has 4 rings (SSSR count). The van der Waals surface area contributed by atoms with E-state index in [0.29, 0.717) is 28.4 Å².